The number of carbonyl (C=O) groups is 2. The number of benzene rings is 1. The molecule has 2 aromatic heterocycles. The van der Waals surface area contributed by atoms with E-state index in [1.807, 2.05) is 32.7 Å². The van der Waals surface area contributed by atoms with Crippen molar-refractivity contribution < 1.29 is 22.8 Å². The summed E-state index contributed by atoms with van der Waals surface area (Å²) in [6.45, 7) is 6.87. The first kappa shape index (κ1) is 25.8. The second-order valence-electron chi connectivity index (χ2n) is 9.82. The molecule has 0 aliphatic carbocycles. The number of hydrogen-bond acceptors (Lipinski definition) is 6. The van der Waals surface area contributed by atoms with Gasteiger partial charge in [-0.25, -0.2) is 23.1 Å². The fraction of sp³-hybridized carbons (Fsp3) is 0.417. The molecule has 8 nitrogen and oxygen atoms in total. The Balaban J connectivity index is 1.73. The number of amides is 2. The van der Waals surface area contributed by atoms with E-state index in [9.17, 15) is 22.8 Å². The van der Waals surface area contributed by atoms with Gasteiger partial charge in [0.15, 0.2) is 22.5 Å². The van der Waals surface area contributed by atoms with Crippen molar-refractivity contribution >= 4 is 28.3 Å². The summed E-state index contributed by atoms with van der Waals surface area (Å²) in [5.41, 5.74) is -0.411. The third kappa shape index (κ3) is 5.29. The lowest BCUT2D eigenvalue weighted by Crippen LogP contribution is -2.51. The van der Waals surface area contributed by atoms with Gasteiger partial charge in [0, 0.05) is 30.7 Å². The zero-order chi connectivity index (χ0) is 26.2. The summed E-state index contributed by atoms with van der Waals surface area (Å²) < 4.78 is 44.0. The summed E-state index contributed by atoms with van der Waals surface area (Å²) in [7, 11) is 1.88. The van der Waals surface area contributed by atoms with E-state index in [2.05, 4.69) is 20.6 Å². The molecule has 3 aromatic rings. The van der Waals surface area contributed by atoms with Crippen LogP contribution in [0.4, 0.5) is 18.3 Å². The fourth-order valence-corrected chi connectivity index (χ4v) is 4.67. The van der Waals surface area contributed by atoms with Crippen molar-refractivity contribution in [2.45, 2.75) is 46.3 Å². The summed E-state index contributed by atoms with van der Waals surface area (Å²) >= 11 is 1.25. The quantitative estimate of drug-likeness (QED) is 0.496. The molecule has 0 radical (unpaired) electrons. The van der Waals surface area contributed by atoms with Crippen LogP contribution in [0.3, 0.4) is 0 Å². The van der Waals surface area contributed by atoms with Gasteiger partial charge in [0.25, 0.3) is 5.91 Å². The fourth-order valence-electron chi connectivity index (χ4n) is 4.14. The maximum absolute atomic E-state index is 14.7. The van der Waals surface area contributed by atoms with E-state index < -0.39 is 40.7 Å². The normalized spacial score (nSPS) is 15.2. The van der Waals surface area contributed by atoms with Crippen molar-refractivity contribution in [3.05, 3.63) is 52.5 Å². The molecule has 2 N–H and O–H groups in total. The molecule has 4 rings (SSSR count). The van der Waals surface area contributed by atoms with Crippen LogP contribution in [-0.4, -0.2) is 50.9 Å². The Hall–Kier alpha value is -3.25. The third-order valence-corrected chi connectivity index (χ3v) is 6.63. The van der Waals surface area contributed by atoms with Gasteiger partial charge in [-0.05, 0) is 31.5 Å². The Morgan fingerprint density at radius 2 is 1.83 bits per heavy atom. The van der Waals surface area contributed by atoms with Gasteiger partial charge in [-0.15, -0.1) is 11.3 Å². The van der Waals surface area contributed by atoms with Crippen LogP contribution in [0.15, 0.2) is 23.7 Å². The molecule has 0 spiro atoms. The second kappa shape index (κ2) is 10.0. The topological polar surface area (TPSA) is 92.2 Å². The van der Waals surface area contributed by atoms with Crippen molar-refractivity contribution in [3.63, 3.8) is 0 Å². The minimum atomic E-state index is -1.31. The summed E-state index contributed by atoms with van der Waals surface area (Å²) in [5, 5.41) is 7.60. The largest absolute Gasteiger partial charge is 0.338 e. The predicted octanol–water partition coefficient (Wildman–Crippen LogP) is 4.04. The van der Waals surface area contributed by atoms with Crippen LogP contribution in [0.5, 0.6) is 0 Å². The molecule has 2 amide bonds. The van der Waals surface area contributed by atoms with E-state index in [1.54, 1.807) is 16.1 Å². The number of rotatable bonds is 5. The first-order valence-electron chi connectivity index (χ1n) is 11.4. The molecular formula is C24H27F3N6O2S. The predicted molar refractivity (Wildman–Crippen MR) is 130 cm³/mol. The lowest BCUT2D eigenvalue weighted by Gasteiger charge is -2.30. The number of nitrogens with one attached hydrogen (secondary N) is 2. The van der Waals surface area contributed by atoms with Crippen LogP contribution in [0.2, 0.25) is 0 Å². The van der Waals surface area contributed by atoms with Crippen LogP contribution in [-0.2, 0) is 17.9 Å². The molecule has 0 bridgehead atoms. The molecule has 36 heavy (non-hydrogen) atoms. The van der Waals surface area contributed by atoms with E-state index in [0.717, 1.165) is 6.07 Å². The average Bonchev–Trinajstić information content (AvgIpc) is 3.37. The molecule has 12 heteroatoms. The van der Waals surface area contributed by atoms with E-state index in [-0.39, 0.29) is 17.1 Å². The van der Waals surface area contributed by atoms with Crippen molar-refractivity contribution in [1.82, 2.24) is 24.8 Å². The van der Waals surface area contributed by atoms with Crippen molar-refractivity contribution in [1.29, 1.82) is 0 Å². The lowest BCUT2D eigenvalue weighted by molar-refractivity contribution is -0.120. The molecule has 0 saturated carbocycles. The van der Waals surface area contributed by atoms with E-state index >= 15 is 0 Å². The highest BCUT2D eigenvalue weighted by atomic mass is 32.1. The number of halogens is 3. The molecule has 0 fully saturated rings. The number of fused-ring (bicyclic) bond motifs is 1. The first-order chi connectivity index (χ1) is 17.0. The standard InChI is InChI=1S/C24H27F3N6O2S/c1-24(2,3)19(22(35)31-23-28-6-9-36-23)30-21(34)18-17-12-32(4)7-5-8-33(17)20(29-18)13-10-15(26)16(27)11-14(13)25/h6,9-11,19H,5,7-8,12H2,1-4H3,(H,30,34)(H,28,31,35)/t19-/m1/s1. The maximum Gasteiger partial charge on any atom is 0.272 e. The molecule has 3 heterocycles. The Labute approximate surface area is 210 Å². The summed E-state index contributed by atoms with van der Waals surface area (Å²) in [6, 6.07) is 0.266. The number of nitrogens with zero attached hydrogens (tertiary/aromatic N) is 4. The summed E-state index contributed by atoms with van der Waals surface area (Å²) in [5.74, 6) is -4.55. The number of carbonyl (C=O) groups excluding carboxylic acids is 2. The summed E-state index contributed by atoms with van der Waals surface area (Å²) in [6.07, 6.45) is 2.24. The SMILES string of the molecule is CN1CCCn2c(-c3cc(F)c(F)cc3F)nc(C(=O)N[C@H](C(=O)Nc3nccs3)C(C)(C)C)c2C1. The number of thiazole rings is 1. The van der Waals surface area contributed by atoms with E-state index in [1.165, 1.54) is 11.3 Å². The summed E-state index contributed by atoms with van der Waals surface area (Å²) in [4.78, 5) is 37.0. The van der Waals surface area contributed by atoms with Gasteiger partial charge in [0.05, 0.1) is 11.3 Å². The number of aromatic nitrogens is 3. The Morgan fingerprint density at radius 1 is 1.11 bits per heavy atom. The van der Waals surface area contributed by atoms with Crippen molar-refractivity contribution in [2.75, 3.05) is 18.9 Å². The highest BCUT2D eigenvalue weighted by Gasteiger charge is 2.36. The van der Waals surface area contributed by atoms with Gasteiger partial charge in [-0.3, -0.25) is 9.59 Å². The lowest BCUT2D eigenvalue weighted by atomic mass is 9.86. The highest BCUT2D eigenvalue weighted by Crippen LogP contribution is 2.30. The van der Waals surface area contributed by atoms with E-state index in [0.29, 0.717) is 42.9 Å². The Kier molecular flexibility index (Phi) is 7.19. The molecule has 1 atom stereocenters. The molecular weight excluding hydrogens is 493 g/mol. The van der Waals surface area contributed by atoms with Crippen LogP contribution < -0.4 is 10.6 Å². The van der Waals surface area contributed by atoms with E-state index in [4.69, 9.17) is 0 Å². The van der Waals surface area contributed by atoms with Gasteiger partial charge in [-0.2, -0.15) is 0 Å². The molecule has 1 aliphatic rings. The maximum atomic E-state index is 14.7. The van der Waals surface area contributed by atoms with Crippen LogP contribution in [0, 0.1) is 22.9 Å². The number of imidazole rings is 1. The van der Waals surface area contributed by atoms with Crippen LogP contribution in [0.25, 0.3) is 11.4 Å². The Bertz CT molecular complexity index is 1290. The first-order valence-corrected chi connectivity index (χ1v) is 12.3. The molecule has 1 aliphatic heterocycles. The zero-order valence-electron chi connectivity index (χ0n) is 20.4. The average molecular weight is 521 g/mol. The van der Waals surface area contributed by atoms with Gasteiger partial charge in [0.1, 0.15) is 17.7 Å². The molecule has 0 unspecified atom stereocenters. The van der Waals surface area contributed by atoms with Crippen LogP contribution in [0.1, 0.15) is 43.4 Å². The number of hydrogen-bond donors (Lipinski definition) is 2. The minimum Gasteiger partial charge on any atom is -0.338 e. The smallest absolute Gasteiger partial charge is 0.272 e. The minimum absolute atomic E-state index is 0.000758. The molecule has 1 aromatic carbocycles. The van der Waals surface area contributed by atoms with Gasteiger partial charge >= 0.3 is 0 Å². The molecule has 192 valence electrons. The third-order valence-electron chi connectivity index (χ3n) is 5.95. The van der Waals surface area contributed by atoms with Gasteiger partial charge in [0.2, 0.25) is 5.91 Å². The van der Waals surface area contributed by atoms with Gasteiger partial charge in [-0.1, -0.05) is 20.8 Å². The van der Waals surface area contributed by atoms with Crippen molar-refractivity contribution in [2.24, 2.45) is 5.41 Å². The van der Waals surface area contributed by atoms with Crippen molar-refractivity contribution in [3.8, 4) is 11.4 Å². The number of anilines is 1. The monoisotopic (exact) mass is 520 g/mol. The zero-order valence-corrected chi connectivity index (χ0v) is 21.2. The Morgan fingerprint density at radius 3 is 2.50 bits per heavy atom. The second-order valence-corrected chi connectivity index (χ2v) is 10.7. The van der Waals surface area contributed by atoms with Gasteiger partial charge < -0.3 is 20.1 Å². The highest BCUT2D eigenvalue weighted by molar-refractivity contribution is 7.13. The molecule has 0 saturated heterocycles. The van der Waals surface area contributed by atoms with Crippen LogP contribution >= 0.6 is 11.3 Å².